The number of nitrogens with one attached hydrogen (secondary N) is 1. The summed E-state index contributed by atoms with van der Waals surface area (Å²) in [6, 6.07) is 7.73. The van der Waals surface area contributed by atoms with Crippen LogP contribution in [0.15, 0.2) is 24.3 Å². The van der Waals surface area contributed by atoms with Crippen LogP contribution in [0.5, 0.6) is 5.75 Å². The fraction of sp³-hybridized carbons (Fsp3) is 0.429. The van der Waals surface area contributed by atoms with Crippen molar-refractivity contribution in [2.24, 2.45) is 5.73 Å². The quantitative estimate of drug-likeness (QED) is 0.708. The third-order valence-electron chi connectivity index (χ3n) is 2.56. The van der Waals surface area contributed by atoms with E-state index < -0.39 is 5.91 Å². The van der Waals surface area contributed by atoms with E-state index in [4.69, 9.17) is 10.5 Å². The van der Waals surface area contributed by atoms with Gasteiger partial charge in [-0.15, -0.1) is 0 Å². The summed E-state index contributed by atoms with van der Waals surface area (Å²) in [6.45, 7) is 3.29. The molecule has 2 amide bonds. The van der Waals surface area contributed by atoms with Crippen LogP contribution in [0.1, 0.15) is 12.5 Å². The van der Waals surface area contributed by atoms with Crippen molar-refractivity contribution in [3.8, 4) is 5.75 Å². The zero-order chi connectivity index (χ0) is 15.0. The van der Waals surface area contributed by atoms with Crippen LogP contribution in [-0.2, 0) is 16.1 Å². The Morgan fingerprint density at radius 2 is 1.95 bits per heavy atom. The van der Waals surface area contributed by atoms with Gasteiger partial charge in [-0.25, -0.2) is 0 Å². The monoisotopic (exact) mass is 279 g/mol. The maximum atomic E-state index is 11.5. The molecular formula is C14H21N3O3. The summed E-state index contributed by atoms with van der Waals surface area (Å²) in [5, 5.41) is 2.45. The summed E-state index contributed by atoms with van der Waals surface area (Å²) in [7, 11) is 1.83. The van der Waals surface area contributed by atoms with Crippen LogP contribution in [0, 0.1) is 0 Å². The standard InChI is InChI=1S/C14H21N3O3/c1-3-20-12-6-4-11(5-7-12)9-17(2)10-14(19)16-8-13(15)18/h4-7H,3,8-10H2,1-2H3,(H2,15,18)(H,16,19). The van der Waals surface area contributed by atoms with Gasteiger partial charge in [0.05, 0.1) is 19.7 Å². The van der Waals surface area contributed by atoms with Crippen molar-refractivity contribution in [2.45, 2.75) is 13.5 Å². The van der Waals surface area contributed by atoms with Gasteiger partial charge in [-0.1, -0.05) is 12.1 Å². The maximum absolute atomic E-state index is 11.5. The smallest absolute Gasteiger partial charge is 0.236 e. The summed E-state index contributed by atoms with van der Waals surface area (Å²) in [4.78, 5) is 23.9. The minimum atomic E-state index is -0.549. The van der Waals surface area contributed by atoms with Gasteiger partial charge in [-0.05, 0) is 31.7 Å². The van der Waals surface area contributed by atoms with Gasteiger partial charge in [0, 0.05) is 6.54 Å². The van der Waals surface area contributed by atoms with Gasteiger partial charge >= 0.3 is 0 Å². The van der Waals surface area contributed by atoms with Crippen molar-refractivity contribution in [3.05, 3.63) is 29.8 Å². The third-order valence-corrected chi connectivity index (χ3v) is 2.56. The number of carbonyl (C=O) groups excluding carboxylic acids is 2. The molecule has 1 aromatic carbocycles. The van der Waals surface area contributed by atoms with Crippen LogP contribution in [-0.4, -0.2) is 43.5 Å². The predicted molar refractivity (Wildman–Crippen MR) is 76.1 cm³/mol. The summed E-state index contributed by atoms with van der Waals surface area (Å²) in [6.07, 6.45) is 0. The molecule has 0 aliphatic rings. The molecule has 6 nitrogen and oxygen atoms in total. The lowest BCUT2D eigenvalue weighted by Gasteiger charge is -2.16. The van der Waals surface area contributed by atoms with E-state index in [9.17, 15) is 9.59 Å². The van der Waals surface area contributed by atoms with E-state index in [0.717, 1.165) is 11.3 Å². The second-order valence-corrected chi connectivity index (χ2v) is 4.49. The van der Waals surface area contributed by atoms with E-state index in [2.05, 4.69) is 5.32 Å². The number of carbonyl (C=O) groups is 2. The van der Waals surface area contributed by atoms with E-state index in [1.807, 2.05) is 43.1 Å². The summed E-state index contributed by atoms with van der Waals surface area (Å²) in [5.41, 5.74) is 6.04. The van der Waals surface area contributed by atoms with Crippen molar-refractivity contribution in [2.75, 3.05) is 26.7 Å². The predicted octanol–water partition coefficient (Wildman–Crippen LogP) is 0.119. The highest BCUT2D eigenvalue weighted by atomic mass is 16.5. The van der Waals surface area contributed by atoms with Crippen molar-refractivity contribution in [3.63, 3.8) is 0 Å². The van der Waals surface area contributed by atoms with Gasteiger partial charge in [-0.3, -0.25) is 14.5 Å². The van der Waals surface area contributed by atoms with E-state index in [-0.39, 0.29) is 19.0 Å². The van der Waals surface area contributed by atoms with Crippen LogP contribution < -0.4 is 15.8 Å². The molecule has 0 saturated carbocycles. The van der Waals surface area contributed by atoms with Crippen molar-refractivity contribution in [1.29, 1.82) is 0 Å². The maximum Gasteiger partial charge on any atom is 0.236 e. The van der Waals surface area contributed by atoms with Crippen LogP contribution in [0.2, 0.25) is 0 Å². The van der Waals surface area contributed by atoms with Gasteiger partial charge in [-0.2, -0.15) is 0 Å². The number of hydrogen-bond acceptors (Lipinski definition) is 4. The van der Waals surface area contributed by atoms with E-state index >= 15 is 0 Å². The number of benzene rings is 1. The SMILES string of the molecule is CCOc1ccc(CN(C)CC(=O)NCC(N)=O)cc1. The summed E-state index contributed by atoms with van der Waals surface area (Å²) < 4.78 is 5.36. The zero-order valence-electron chi connectivity index (χ0n) is 11.9. The minimum Gasteiger partial charge on any atom is -0.494 e. The molecule has 0 radical (unpaired) electrons. The summed E-state index contributed by atoms with van der Waals surface area (Å²) in [5.74, 6) is 0.0582. The first kappa shape index (κ1) is 16.0. The van der Waals surface area contributed by atoms with Gasteiger partial charge in [0.1, 0.15) is 5.75 Å². The fourth-order valence-electron chi connectivity index (χ4n) is 1.71. The molecule has 0 aliphatic carbocycles. The van der Waals surface area contributed by atoms with E-state index in [0.29, 0.717) is 13.2 Å². The molecule has 0 atom stereocenters. The van der Waals surface area contributed by atoms with Crippen LogP contribution >= 0.6 is 0 Å². The van der Waals surface area contributed by atoms with Crippen LogP contribution in [0.4, 0.5) is 0 Å². The van der Waals surface area contributed by atoms with Crippen LogP contribution in [0.25, 0.3) is 0 Å². The van der Waals surface area contributed by atoms with Gasteiger partial charge in [0.2, 0.25) is 11.8 Å². The first-order chi connectivity index (χ1) is 9.51. The number of primary amides is 1. The molecule has 0 fully saturated rings. The Bertz CT molecular complexity index is 445. The summed E-state index contributed by atoms with van der Waals surface area (Å²) >= 11 is 0. The number of nitrogens with zero attached hydrogens (tertiary/aromatic N) is 1. The molecule has 0 bridgehead atoms. The van der Waals surface area contributed by atoms with E-state index in [1.165, 1.54) is 0 Å². The highest BCUT2D eigenvalue weighted by Crippen LogP contribution is 2.13. The second-order valence-electron chi connectivity index (χ2n) is 4.49. The Kier molecular flexibility index (Phi) is 6.52. The molecule has 20 heavy (non-hydrogen) atoms. The lowest BCUT2D eigenvalue weighted by molar-refractivity contribution is -0.125. The lowest BCUT2D eigenvalue weighted by atomic mass is 10.2. The first-order valence-corrected chi connectivity index (χ1v) is 6.46. The van der Waals surface area contributed by atoms with Crippen LogP contribution in [0.3, 0.4) is 0 Å². The number of likely N-dealkylation sites (N-methyl/N-ethyl adjacent to an activating group) is 1. The molecular weight excluding hydrogens is 258 g/mol. The van der Waals surface area contributed by atoms with Crippen molar-refractivity contribution >= 4 is 11.8 Å². The number of nitrogens with two attached hydrogens (primary N) is 1. The Morgan fingerprint density at radius 1 is 1.30 bits per heavy atom. The number of rotatable bonds is 8. The van der Waals surface area contributed by atoms with E-state index in [1.54, 1.807) is 0 Å². The molecule has 6 heteroatoms. The lowest BCUT2D eigenvalue weighted by Crippen LogP contribution is -2.39. The van der Waals surface area contributed by atoms with Gasteiger partial charge in [0.25, 0.3) is 0 Å². The minimum absolute atomic E-state index is 0.129. The number of ether oxygens (including phenoxy) is 1. The fourth-order valence-corrected chi connectivity index (χ4v) is 1.71. The average molecular weight is 279 g/mol. The molecule has 0 spiro atoms. The van der Waals surface area contributed by atoms with Crippen molar-refractivity contribution in [1.82, 2.24) is 10.2 Å². The topological polar surface area (TPSA) is 84.7 Å². The Hall–Kier alpha value is -2.08. The molecule has 110 valence electrons. The first-order valence-electron chi connectivity index (χ1n) is 6.46. The average Bonchev–Trinajstić information content (AvgIpc) is 2.39. The Morgan fingerprint density at radius 3 is 2.50 bits per heavy atom. The molecule has 0 saturated heterocycles. The Balaban J connectivity index is 2.39. The van der Waals surface area contributed by atoms with Gasteiger partial charge < -0.3 is 15.8 Å². The third kappa shape index (κ3) is 6.19. The molecule has 3 N–H and O–H groups in total. The second kappa shape index (κ2) is 8.16. The molecule has 0 heterocycles. The number of amides is 2. The largest absolute Gasteiger partial charge is 0.494 e. The van der Waals surface area contributed by atoms with Crippen molar-refractivity contribution < 1.29 is 14.3 Å². The highest BCUT2D eigenvalue weighted by molar-refractivity contribution is 5.84. The molecule has 0 aromatic heterocycles. The molecule has 1 aromatic rings. The Labute approximate surface area is 118 Å². The van der Waals surface area contributed by atoms with Gasteiger partial charge in [0.15, 0.2) is 0 Å². The normalized spacial score (nSPS) is 10.3. The molecule has 0 aliphatic heterocycles. The number of hydrogen-bond donors (Lipinski definition) is 2. The molecule has 0 unspecified atom stereocenters. The highest BCUT2D eigenvalue weighted by Gasteiger charge is 2.07. The zero-order valence-corrected chi connectivity index (χ0v) is 11.9. The molecule has 1 rings (SSSR count).